The zero-order chi connectivity index (χ0) is 14.8. The van der Waals surface area contributed by atoms with Crippen LogP contribution in [0.15, 0.2) is 36.7 Å². The fourth-order valence-electron chi connectivity index (χ4n) is 1.54. The van der Waals surface area contributed by atoms with Crippen LogP contribution in [0.3, 0.4) is 0 Å². The maximum Gasteiger partial charge on any atom is 0.416 e. The van der Waals surface area contributed by atoms with Crippen LogP contribution in [0.25, 0.3) is 5.69 Å². The van der Waals surface area contributed by atoms with Gasteiger partial charge in [0.25, 0.3) is 0 Å². The van der Waals surface area contributed by atoms with Gasteiger partial charge in [-0.2, -0.15) is 18.3 Å². The number of hydrogen-bond acceptors (Lipinski definition) is 3. The van der Waals surface area contributed by atoms with Crippen molar-refractivity contribution in [1.82, 2.24) is 9.78 Å². The Morgan fingerprint density at radius 2 is 1.95 bits per heavy atom. The highest BCUT2D eigenvalue weighted by molar-refractivity contribution is 5.36. The number of aromatic nitrogens is 2. The van der Waals surface area contributed by atoms with Gasteiger partial charge in [0.1, 0.15) is 6.61 Å². The lowest BCUT2D eigenvalue weighted by Gasteiger charge is -2.07. The van der Waals surface area contributed by atoms with Crippen molar-refractivity contribution in [2.24, 2.45) is 0 Å². The summed E-state index contributed by atoms with van der Waals surface area (Å²) in [5.41, 5.74) is -0.219. The van der Waals surface area contributed by atoms with E-state index < -0.39 is 17.8 Å². The number of alkyl halides is 3. The van der Waals surface area contributed by atoms with Gasteiger partial charge in [-0.3, -0.25) is 0 Å². The monoisotopic (exact) mass is 286 g/mol. The normalized spacial score (nSPS) is 13.2. The second-order valence-electron chi connectivity index (χ2n) is 4.33. The van der Waals surface area contributed by atoms with E-state index in [1.807, 2.05) is 0 Å². The van der Waals surface area contributed by atoms with Gasteiger partial charge in [0.15, 0.2) is 5.75 Å². The number of rotatable bonds is 4. The second kappa shape index (κ2) is 5.54. The first kappa shape index (κ1) is 14.4. The summed E-state index contributed by atoms with van der Waals surface area (Å²) < 4.78 is 43.9. The molecule has 0 saturated carbocycles. The molecule has 1 aromatic heterocycles. The van der Waals surface area contributed by atoms with Crippen LogP contribution in [0.5, 0.6) is 5.75 Å². The molecule has 0 radical (unpaired) electrons. The van der Waals surface area contributed by atoms with E-state index in [1.165, 1.54) is 29.2 Å². The standard InChI is InChI=1S/C13H13F3N2O2/c1-9(19)8-20-12-6-17-18(7-12)11-4-2-10(3-5-11)13(14,15)16/h2-7,9,19H,8H2,1H3. The highest BCUT2D eigenvalue weighted by Crippen LogP contribution is 2.29. The van der Waals surface area contributed by atoms with Crippen molar-refractivity contribution < 1.29 is 23.0 Å². The number of aliphatic hydroxyl groups excluding tert-OH is 1. The number of benzene rings is 1. The molecule has 2 rings (SSSR count). The van der Waals surface area contributed by atoms with Crippen molar-refractivity contribution in [2.45, 2.75) is 19.2 Å². The molecule has 108 valence electrons. The van der Waals surface area contributed by atoms with E-state index in [9.17, 15) is 13.2 Å². The third-order valence-electron chi connectivity index (χ3n) is 2.51. The zero-order valence-corrected chi connectivity index (χ0v) is 10.6. The summed E-state index contributed by atoms with van der Waals surface area (Å²) in [5, 5.41) is 13.1. The first-order chi connectivity index (χ1) is 9.36. The number of hydrogen-bond donors (Lipinski definition) is 1. The van der Waals surface area contributed by atoms with Gasteiger partial charge in [-0.1, -0.05) is 0 Å². The van der Waals surface area contributed by atoms with Crippen molar-refractivity contribution in [1.29, 1.82) is 0 Å². The van der Waals surface area contributed by atoms with E-state index in [0.29, 0.717) is 11.4 Å². The summed E-state index contributed by atoms with van der Waals surface area (Å²) in [6.07, 6.45) is -2.00. The van der Waals surface area contributed by atoms with Gasteiger partial charge >= 0.3 is 6.18 Å². The van der Waals surface area contributed by atoms with E-state index >= 15 is 0 Å². The van der Waals surface area contributed by atoms with Gasteiger partial charge in [-0.25, -0.2) is 4.68 Å². The van der Waals surface area contributed by atoms with Gasteiger partial charge in [0.2, 0.25) is 0 Å². The second-order valence-corrected chi connectivity index (χ2v) is 4.33. The lowest BCUT2D eigenvalue weighted by atomic mass is 10.2. The summed E-state index contributed by atoms with van der Waals surface area (Å²) in [5.74, 6) is 0.436. The van der Waals surface area contributed by atoms with Gasteiger partial charge < -0.3 is 9.84 Å². The van der Waals surface area contributed by atoms with Crippen LogP contribution < -0.4 is 4.74 Å². The minimum Gasteiger partial charge on any atom is -0.488 e. The van der Waals surface area contributed by atoms with Crippen molar-refractivity contribution >= 4 is 0 Å². The quantitative estimate of drug-likeness (QED) is 0.940. The first-order valence-corrected chi connectivity index (χ1v) is 5.89. The number of aliphatic hydroxyl groups is 1. The molecule has 0 fully saturated rings. The van der Waals surface area contributed by atoms with E-state index in [-0.39, 0.29) is 6.61 Å². The van der Waals surface area contributed by atoms with Crippen LogP contribution in [-0.4, -0.2) is 27.6 Å². The Balaban J connectivity index is 2.12. The molecule has 0 saturated heterocycles. The fourth-order valence-corrected chi connectivity index (χ4v) is 1.54. The Morgan fingerprint density at radius 1 is 1.30 bits per heavy atom. The van der Waals surface area contributed by atoms with Crippen LogP contribution in [0.1, 0.15) is 12.5 Å². The summed E-state index contributed by atoms with van der Waals surface area (Å²) in [6, 6.07) is 4.64. The molecule has 1 N–H and O–H groups in total. The predicted molar refractivity (Wildman–Crippen MR) is 65.7 cm³/mol. The van der Waals surface area contributed by atoms with E-state index in [1.54, 1.807) is 6.92 Å². The fraction of sp³-hybridized carbons (Fsp3) is 0.308. The Hall–Kier alpha value is -2.02. The van der Waals surface area contributed by atoms with Crippen molar-refractivity contribution in [3.8, 4) is 11.4 Å². The molecule has 0 bridgehead atoms. The summed E-state index contributed by atoms with van der Waals surface area (Å²) in [4.78, 5) is 0. The average molecular weight is 286 g/mol. The molecular weight excluding hydrogens is 273 g/mol. The molecule has 7 heteroatoms. The summed E-state index contributed by atoms with van der Waals surface area (Å²) in [6.45, 7) is 1.71. The molecule has 0 amide bonds. The largest absolute Gasteiger partial charge is 0.488 e. The van der Waals surface area contributed by atoms with Gasteiger partial charge in [0.05, 0.1) is 29.7 Å². The van der Waals surface area contributed by atoms with Crippen LogP contribution in [0, 0.1) is 0 Å². The minimum atomic E-state index is -4.35. The van der Waals surface area contributed by atoms with E-state index in [0.717, 1.165) is 12.1 Å². The zero-order valence-electron chi connectivity index (χ0n) is 10.6. The van der Waals surface area contributed by atoms with E-state index in [2.05, 4.69) is 5.10 Å². The van der Waals surface area contributed by atoms with Crippen molar-refractivity contribution in [2.75, 3.05) is 6.61 Å². The maximum absolute atomic E-state index is 12.4. The Kier molecular flexibility index (Phi) is 3.99. The predicted octanol–water partition coefficient (Wildman–Crippen LogP) is 2.65. The highest BCUT2D eigenvalue weighted by atomic mass is 19.4. The van der Waals surface area contributed by atoms with Crippen molar-refractivity contribution in [3.63, 3.8) is 0 Å². The Bertz CT molecular complexity index is 562. The van der Waals surface area contributed by atoms with E-state index in [4.69, 9.17) is 9.84 Å². The maximum atomic E-state index is 12.4. The smallest absolute Gasteiger partial charge is 0.416 e. The highest BCUT2D eigenvalue weighted by Gasteiger charge is 2.30. The van der Waals surface area contributed by atoms with Gasteiger partial charge in [0, 0.05) is 0 Å². The van der Waals surface area contributed by atoms with Gasteiger partial charge in [-0.15, -0.1) is 0 Å². The molecule has 1 aromatic carbocycles. The molecular formula is C13H13F3N2O2. The number of halogens is 3. The Morgan fingerprint density at radius 3 is 2.50 bits per heavy atom. The van der Waals surface area contributed by atoms with Crippen LogP contribution in [-0.2, 0) is 6.18 Å². The molecule has 0 aliphatic heterocycles. The van der Waals surface area contributed by atoms with Crippen molar-refractivity contribution in [3.05, 3.63) is 42.2 Å². The molecule has 1 unspecified atom stereocenters. The third kappa shape index (κ3) is 3.51. The average Bonchev–Trinajstić information content (AvgIpc) is 2.84. The SMILES string of the molecule is CC(O)COc1cnn(-c2ccc(C(F)(F)F)cc2)c1. The number of nitrogens with zero attached hydrogens (tertiary/aromatic N) is 2. The Labute approximate surface area is 113 Å². The lowest BCUT2D eigenvalue weighted by molar-refractivity contribution is -0.137. The molecule has 0 aliphatic carbocycles. The number of ether oxygens (including phenoxy) is 1. The molecule has 1 atom stereocenters. The third-order valence-corrected chi connectivity index (χ3v) is 2.51. The van der Waals surface area contributed by atoms with Crippen LogP contribution >= 0.6 is 0 Å². The molecule has 20 heavy (non-hydrogen) atoms. The van der Waals surface area contributed by atoms with Gasteiger partial charge in [-0.05, 0) is 31.2 Å². The topological polar surface area (TPSA) is 47.3 Å². The molecule has 2 aromatic rings. The molecule has 1 heterocycles. The van der Waals surface area contributed by atoms with Crippen LogP contribution in [0.2, 0.25) is 0 Å². The summed E-state index contributed by atoms with van der Waals surface area (Å²) in [7, 11) is 0. The lowest BCUT2D eigenvalue weighted by Crippen LogP contribution is -2.12. The summed E-state index contributed by atoms with van der Waals surface area (Å²) >= 11 is 0. The van der Waals surface area contributed by atoms with Crippen LogP contribution in [0.4, 0.5) is 13.2 Å². The molecule has 0 spiro atoms. The molecule has 0 aliphatic rings. The minimum absolute atomic E-state index is 0.124. The first-order valence-electron chi connectivity index (χ1n) is 5.89. The molecule has 4 nitrogen and oxygen atoms in total.